The molecule has 0 saturated carbocycles. The van der Waals surface area contributed by atoms with E-state index < -0.39 is 6.04 Å². The van der Waals surface area contributed by atoms with Crippen molar-refractivity contribution in [3.05, 3.63) is 58.0 Å². The highest BCUT2D eigenvalue weighted by atomic mass is 16.5. The fourth-order valence-corrected chi connectivity index (χ4v) is 2.43. The molecule has 1 aromatic carbocycles. The Bertz CT molecular complexity index is 695. The number of benzene rings is 1. The standard InChI is InChI=1S/C17H22N2O3/c1-4-9-19-10-5-6-13(17(19)20)16(18)12-7-8-14(21-2)15(11-12)22-3/h5-8,10-11,16H,4,9,18H2,1-3H3. The highest BCUT2D eigenvalue weighted by molar-refractivity contribution is 5.45. The Morgan fingerprint density at radius 3 is 2.55 bits per heavy atom. The maximum absolute atomic E-state index is 12.5. The van der Waals surface area contributed by atoms with Gasteiger partial charge in [0.1, 0.15) is 0 Å². The number of ether oxygens (including phenoxy) is 2. The summed E-state index contributed by atoms with van der Waals surface area (Å²) < 4.78 is 12.2. The topological polar surface area (TPSA) is 66.5 Å². The quantitative estimate of drug-likeness (QED) is 0.889. The van der Waals surface area contributed by atoms with Gasteiger partial charge in [-0.2, -0.15) is 0 Å². The average Bonchev–Trinajstić information content (AvgIpc) is 2.55. The van der Waals surface area contributed by atoms with Crippen LogP contribution in [-0.2, 0) is 6.54 Å². The van der Waals surface area contributed by atoms with E-state index in [-0.39, 0.29) is 5.56 Å². The fraction of sp³-hybridized carbons (Fsp3) is 0.353. The lowest BCUT2D eigenvalue weighted by Crippen LogP contribution is -2.28. The number of rotatable bonds is 6. The van der Waals surface area contributed by atoms with Crippen LogP contribution in [0.25, 0.3) is 0 Å². The number of nitrogens with two attached hydrogens (primary N) is 1. The lowest BCUT2D eigenvalue weighted by atomic mass is 10.0. The predicted molar refractivity (Wildman–Crippen MR) is 86.6 cm³/mol. The first-order chi connectivity index (χ1) is 10.6. The minimum absolute atomic E-state index is 0.0494. The third-order valence-corrected chi connectivity index (χ3v) is 3.62. The average molecular weight is 302 g/mol. The molecule has 1 aromatic heterocycles. The Morgan fingerprint density at radius 1 is 1.18 bits per heavy atom. The van der Waals surface area contributed by atoms with Crippen molar-refractivity contribution in [1.82, 2.24) is 4.57 Å². The number of aryl methyl sites for hydroxylation is 1. The molecule has 118 valence electrons. The van der Waals surface area contributed by atoms with Crippen LogP contribution < -0.4 is 20.8 Å². The molecule has 0 aliphatic heterocycles. The van der Waals surface area contributed by atoms with Gasteiger partial charge in [0.25, 0.3) is 5.56 Å². The highest BCUT2D eigenvalue weighted by Gasteiger charge is 2.16. The van der Waals surface area contributed by atoms with Crippen LogP contribution in [0.4, 0.5) is 0 Å². The van der Waals surface area contributed by atoms with E-state index in [9.17, 15) is 4.79 Å². The van der Waals surface area contributed by atoms with Crippen LogP contribution in [0, 0.1) is 0 Å². The smallest absolute Gasteiger partial charge is 0.255 e. The van der Waals surface area contributed by atoms with Gasteiger partial charge in [-0.15, -0.1) is 0 Å². The van der Waals surface area contributed by atoms with Crippen LogP contribution >= 0.6 is 0 Å². The Morgan fingerprint density at radius 2 is 1.91 bits per heavy atom. The van der Waals surface area contributed by atoms with Crippen LogP contribution in [0.3, 0.4) is 0 Å². The summed E-state index contributed by atoms with van der Waals surface area (Å²) in [6.07, 6.45) is 2.69. The van der Waals surface area contributed by atoms with E-state index in [1.54, 1.807) is 43.2 Å². The second-order valence-corrected chi connectivity index (χ2v) is 5.05. The van der Waals surface area contributed by atoms with Crippen molar-refractivity contribution >= 4 is 0 Å². The van der Waals surface area contributed by atoms with Crippen LogP contribution in [0.1, 0.15) is 30.5 Å². The lowest BCUT2D eigenvalue weighted by molar-refractivity contribution is 0.354. The highest BCUT2D eigenvalue weighted by Crippen LogP contribution is 2.30. The number of aromatic nitrogens is 1. The maximum Gasteiger partial charge on any atom is 0.255 e. The van der Waals surface area contributed by atoms with Crippen molar-refractivity contribution < 1.29 is 9.47 Å². The summed E-state index contributed by atoms with van der Waals surface area (Å²) in [7, 11) is 3.15. The second-order valence-electron chi connectivity index (χ2n) is 5.05. The van der Waals surface area contributed by atoms with Crippen molar-refractivity contribution in [2.45, 2.75) is 25.9 Å². The summed E-state index contributed by atoms with van der Waals surface area (Å²) in [6, 6.07) is 8.57. The summed E-state index contributed by atoms with van der Waals surface area (Å²) in [5.41, 5.74) is 7.62. The van der Waals surface area contributed by atoms with Gasteiger partial charge in [-0.25, -0.2) is 0 Å². The van der Waals surface area contributed by atoms with Crippen LogP contribution in [0.2, 0.25) is 0 Å². The van der Waals surface area contributed by atoms with Gasteiger partial charge in [0, 0.05) is 18.3 Å². The first kappa shape index (κ1) is 16.1. The predicted octanol–water partition coefficient (Wildman–Crippen LogP) is 2.32. The molecule has 0 fully saturated rings. The molecule has 0 aliphatic rings. The van der Waals surface area contributed by atoms with E-state index in [0.717, 1.165) is 12.0 Å². The molecule has 0 spiro atoms. The number of methoxy groups -OCH3 is 2. The molecular formula is C17H22N2O3. The summed E-state index contributed by atoms with van der Waals surface area (Å²) in [5, 5.41) is 0. The second kappa shape index (κ2) is 7.13. The molecule has 2 aromatic rings. The van der Waals surface area contributed by atoms with Crippen molar-refractivity contribution in [1.29, 1.82) is 0 Å². The molecule has 2 rings (SSSR count). The Labute approximate surface area is 130 Å². The van der Waals surface area contributed by atoms with Crippen molar-refractivity contribution in [3.63, 3.8) is 0 Å². The lowest BCUT2D eigenvalue weighted by Gasteiger charge is -2.16. The van der Waals surface area contributed by atoms with Crippen molar-refractivity contribution in [2.75, 3.05) is 14.2 Å². The summed E-state index contributed by atoms with van der Waals surface area (Å²) >= 11 is 0. The van der Waals surface area contributed by atoms with Crippen molar-refractivity contribution in [2.24, 2.45) is 5.73 Å². The van der Waals surface area contributed by atoms with Gasteiger partial charge in [0.05, 0.1) is 20.3 Å². The van der Waals surface area contributed by atoms with E-state index in [1.807, 2.05) is 19.1 Å². The number of hydrogen-bond donors (Lipinski definition) is 1. The monoisotopic (exact) mass is 302 g/mol. The van der Waals surface area contributed by atoms with Gasteiger partial charge in [-0.1, -0.05) is 19.1 Å². The third kappa shape index (κ3) is 3.14. The van der Waals surface area contributed by atoms with Gasteiger partial charge in [0.2, 0.25) is 0 Å². The molecule has 0 bridgehead atoms. The molecule has 0 radical (unpaired) electrons. The van der Waals surface area contributed by atoms with E-state index in [4.69, 9.17) is 15.2 Å². The summed E-state index contributed by atoms with van der Waals surface area (Å²) in [4.78, 5) is 12.5. The Kier molecular flexibility index (Phi) is 5.22. The fourth-order valence-electron chi connectivity index (χ4n) is 2.43. The van der Waals surface area contributed by atoms with E-state index in [2.05, 4.69) is 0 Å². The molecular weight excluding hydrogens is 280 g/mol. The molecule has 2 N–H and O–H groups in total. The zero-order chi connectivity index (χ0) is 16.1. The van der Waals surface area contributed by atoms with Gasteiger partial charge in [-0.05, 0) is 30.2 Å². The van der Waals surface area contributed by atoms with Crippen molar-refractivity contribution in [3.8, 4) is 11.5 Å². The zero-order valence-electron chi connectivity index (χ0n) is 13.2. The molecule has 0 aliphatic carbocycles. The molecule has 5 nitrogen and oxygen atoms in total. The number of nitrogens with zero attached hydrogens (tertiary/aromatic N) is 1. The molecule has 1 heterocycles. The number of hydrogen-bond acceptors (Lipinski definition) is 4. The molecule has 0 amide bonds. The third-order valence-electron chi connectivity index (χ3n) is 3.62. The van der Waals surface area contributed by atoms with Crippen LogP contribution in [0.5, 0.6) is 11.5 Å². The molecule has 5 heteroatoms. The first-order valence-corrected chi connectivity index (χ1v) is 7.29. The summed E-state index contributed by atoms with van der Waals surface area (Å²) in [5.74, 6) is 1.23. The molecule has 1 atom stereocenters. The maximum atomic E-state index is 12.5. The molecule has 1 unspecified atom stereocenters. The van der Waals surface area contributed by atoms with Gasteiger partial charge < -0.3 is 19.8 Å². The van der Waals surface area contributed by atoms with Gasteiger partial charge >= 0.3 is 0 Å². The van der Waals surface area contributed by atoms with E-state index >= 15 is 0 Å². The summed E-state index contributed by atoms with van der Waals surface area (Å²) in [6.45, 7) is 2.72. The Hall–Kier alpha value is -2.27. The minimum atomic E-state index is -0.503. The van der Waals surface area contributed by atoms with E-state index in [0.29, 0.717) is 23.6 Å². The number of pyridine rings is 1. The Balaban J connectivity index is 2.42. The normalized spacial score (nSPS) is 12.0. The SMILES string of the molecule is CCCn1cccc(C(N)c2ccc(OC)c(OC)c2)c1=O. The minimum Gasteiger partial charge on any atom is -0.493 e. The van der Waals surface area contributed by atoms with Crippen LogP contribution in [-0.4, -0.2) is 18.8 Å². The van der Waals surface area contributed by atoms with Crippen LogP contribution in [0.15, 0.2) is 41.3 Å². The van der Waals surface area contributed by atoms with E-state index in [1.165, 1.54) is 0 Å². The van der Waals surface area contributed by atoms with Gasteiger partial charge in [0.15, 0.2) is 11.5 Å². The first-order valence-electron chi connectivity index (χ1n) is 7.29. The molecule has 22 heavy (non-hydrogen) atoms. The zero-order valence-corrected chi connectivity index (χ0v) is 13.2. The van der Waals surface area contributed by atoms with Gasteiger partial charge in [-0.3, -0.25) is 4.79 Å². The largest absolute Gasteiger partial charge is 0.493 e. The molecule has 0 saturated heterocycles.